The summed E-state index contributed by atoms with van der Waals surface area (Å²) < 4.78 is 5.27. The Morgan fingerprint density at radius 2 is 2.05 bits per heavy atom. The third kappa shape index (κ3) is 3.06. The van der Waals surface area contributed by atoms with Gasteiger partial charge in [-0.3, -0.25) is 4.98 Å². The molecular formula is C15H16ClNO2. The van der Waals surface area contributed by atoms with E-state index in [0.29, 0.717) is 16.3 Å². The van der Waals surface area contributed by atoms with E-state index < -0.39 is 6.10 Å². The van der Waals surface area contributed by atoms with Crippen molar-refractivity contribution in [1.29, 1.82) is 0 Å². The lowest BCUT2D eigenvalue weighted by Gasteiger charge is -2.21. The summed E-state index contributed by atoms with van der Waals surface area (Å²) in [5, 5.41) is 11.1. The molecule has 0 amide bonds. The van der Waals surface area contributed by atoms with Crippen LogP contribution in [0.3, 0.4) is 0 Å². The zero-order valence-electron chi connectivity index (χ0n) is 10.9. The molecule has 0 aliphatic heterocycles. The molecule has 0 saturated heterocycles. The van der Waals surface area contributed by atoms with E-state index in [1.807, 2.05) is 25.1 Å². The van der Waals surface area contributed by atoms with Crippen LogP contribution in [0, 0.1) is 0 Å². The highest BCUT2D eigenvalue weighted by molar-refractivity contribution is 6.30. The van der Waals surface area contributed by atoms with E-state index in [1.54, 1.807) is 31.5 Å². The third-order valence-corrected chi connectivity index (χ3v) is 3.38. The van der Waals surface area contributed by atoms with Gasteiger partial charge in [0.25, 0.3) is 0 Å². The lowest BCUT2D eigenvalue weighted by Crippen LogP contribution is -2.10. The Morgan fingerprint density at radius 1 is 1.26 bits per heavy atom. The van der Waals surface area contributed by atoms with Gasteiger partial charge in [0, 0.05) is 28.4 Å². The SMILES string of the molecule is COc1cc(Cl)ccc1C(O)C(C)c1ccccn1. The molecule has 4 heteroatoms. The summed E-state index contributed by atoms with van der Waals surface area (Å²) in [6.07, 6.45) is 1.03. The van der Waals surface area contributed by atoms with E-state index in [2.05, 4.69) is 4.98 Å². The second kappa shape index (κ2) is 6.04. The summed E-state index contributed by atoms with van der Waals surface area (Å²) in [4.78, 5) is 4.27. The van der Waals surface area contributed by atoms with E-state index in [4.69, 9.17) is 16.3 Å². The summed E-state index contributed by atoms with van der Waals surface area (Å²) in [5.41, 5.74) is 1.55. The molecular weight excluding hydrogens is 262 g/mol. The molecule has 3 nitrogen and oxygen atoms in total. The summed E-state index contributed by atoms with van der Waals surface area (Å²) >= 11 is 5.92. The average molecular weight is 278 g/mol. The Hall–Kier alpha value is -1.58. The molecule has 19 heavy (non-hydrogen) atoms. The van der Waals surface area contributed by atoms with Crippen molar-refractivity contribution in [1.82, 2.24) is 4.98 Å². The highest BCUT2D eigenvalue weighted by atomic mass is 35.5. The number of benzene rings is 1. The molecule has 2 rings (SSSR count). The maximum atomic E-state index is 10.5. The predicted molar refractivity (Wildman–Crippen MR) is 75.6 cm³/mol. The average Bonchev–Trinajstić information content (AvgIpc) is 2.46. The van der Waals surface area contributed by atoms with Gasteiger partial charge in [-0.2, -0.15) is 0 Å². The van der Waals surface area contributed by atoms with Crippen molar-refractivity contribution in [2.45, 2.75) is 18.9 Å². The lowest BCUT2D eigenvalue weighted by molar-refractivity contribution is 0.146. The van der Waals surface area contributed by atoms with Crippen LogP contribution in [-0.2, 0) is 0 Å². The van der Waals surface area contributed by atoms with Crippen molar-refractivity contribution < 1.29 is 9.84 Å². The number of aliphatic hydroxyl groups is 1. The number of nitrogens with zero attached hydrogens (tertiary/aromatic N) is 1. The van der Waals surface area contributed by atoms with Crippen LogP contribution in [0.25, 0.3) is 0 Å². The Bertz CT molecular complexity index is 545. The first-order valence-electron chi connectivity index (χ1n) is 6.06. The van der Waals surface area contributed by atoms with Gasteiger partial charge < -0.3 is 9.84 Å². The molecule has 0 aliphatic carbocycles. The van der Waals surface area contributed by atoms with Crippen molar-refractivity contribution in [2.24, 2.45) is 0 Å². The number of hydrogen-bond donors (Lipinski definition) is 1. The summed E-state index contributed by atoms with van der Waals surface area (Å²) in [6, 6.07) is 10.9. The molecule has 2 unspecified atom stereocenters. The topological polar surface area (TPSA) is 42.4 Å². The minimum absolute atomic E-state index is 0.128. The van der Waals surface area contributed by atoms with Crippen molar-refractivity contribution in [3.8, 4) is 5.75 Å². The molecule has 0 spiro atoms. The molecule has 0 saturated carbocycles. The van der Waals surface area contributed by atoms with Gasteiger partial charge in [0.15, 0.2) is 0 Å². The van der Waals surface area contributed by atoms with Gasteiger partial charge in [-0.15, -0.1) is 0 Å². The summed E-state index contributed by atoms with van der Waals surface area (Å²) in [7, 11) is 1.56. The molecule has 0 fully saturated rings. The van der Waals surface area contributed by atoms with E-state index in [-0.39, 0.29) is 5.92 Å². The smallest absolute Gasteiger partial charge is 0.126 e. The second-order valence-corrected chi connectivity index (χ2v) is 4.81. The largest absolute Gasteiger partial charge is 0.496 e. The Balaban J connectivity index is 2.31. The van der Waals surface area contributed by atoms with Gasteiger partial charge in [-0.25, -0.2) is 0 Å². The molecule has 1 N–H and O–H groups in total. The van der Waals surface area contributed by atoms with Crippen molar-refractivity contribution in [3.05, 3.63) is 58.9 Å². The highest BCUT2D eigenvalue weighted by Gasteiger charge is 2.22. The number of ether oxygens (including phenoxy) is 1. The molecule has 1 heterocycles. The van der Waals surface area contributed by atoms with Crippen molar-refractivity contribution in [3.63, 3.8) is 0 Å². The molecule has 0 bridgehead atoms. The molecule has 1 aromatic heterocycles. The van der Waals surface area contributed by atoms with E-state index in [1.165, 1.54) is 0 Å². The Kier molecular flexibility index (Phi) is 4.40. The highest BCUT2D eigenvalue weighted by Crippen LogP contribution is 2.35. The molecule has 0 aliphatic rings. The maximum absolute atomic E-state index is 10.5. The van der Waals surface area contributed by atoms with Crippen LogP contribution in [0.15, 0.2) is 42.6 Å². The number of methoxy groups -OCH3 is 1. The molecule has 2 atom stereocenters. The maximum Gasteiger partial charge on any atom is 0.126 e. The molecule has 0 radical (unpaired) electrons. The minimum atomic E-state index is -0.692. The van der Waals surface area contributed by atoms with Crippen LogP contribution >= 0.6 is 11.6 Å². The fourth-order valence-corrected chi connectivity index (χ4v) is 2.17. The number of hydrogen-bond acceptors (Lipinski definition) is 3. The van der Waals surface area contributed by atoms with Crippen LogP contribution in [-0.4, -0.2) is 17.2 Å². The van der Waals surface area contributed by atoms with E-state index in [0.717, 1.165) is 5.69 Å². The Morgan fingerprint density at radius 3 is 2.68 bits per heavy atom. The van der Waals surface area contributed by atoms with Gasteiger partial charge in [0.1, 0.15) is 5.75 Å². The van der Waals surface area contributed by atoms with Gasteiger partial charge in [-0.05, 0) is 24.3 Å². The third-order valence-electron chi connectivity index (χ3n) is 3.14. The zero-order chi connectivity index (χ0) is 13.8. The number of rotatable bonds is 4. The molecule has 100 valence electrons. The number of aromatic nitrogens is 1. The summed E-state index contributed by atoms with van der Waals surface area (Å²) in [5.74, 6) is 0.457. The minimum Gasteiger partial charge on any atom is -0.496 e. The Labute approximate surface area is 117 Å². The molecule has 1 aromatic carbocycles. The predicted octanol–water partition coefficient (Wildman–Crippen LogP) is 3.58. The first-order valence-corrected chi connectivity index (χ1v) is 6.43. The number of pyridine rings is 1. The van der Waals surface area contributed by atoms with Gasteiger partial charge in [0.05, 0.1) is 13.2 Å². The van der Waals surface area contributed by atoms with Crippen molar-refractivity contribution >= 4 is 11.6 Å². The van der Waals surface area contributed by atoms with Crippen LogP contribution in [0.2, 0.25) is 5.02 Å². The van der Waals surface area contributed by atoms with Crippen molar-refractivity contribution in [2.75, 3.05) is 7.11 Å². The van der Waals surface area contributed by atoms with E-state index >= 15 is 0 Å². The quantitative estimate of drug-likeness (QED) is 0.929. The van der Waals surface area contributed by atoms with E-state index in [9.17, 15) is 5.11 Å². The zero-order valence-corrected chi connectivity index (χ0v) is 11.6. The monoisotopic (exact) mass is 277 g/mol. The fourth-order valence-electron chi connectivity index (χ4n) is 2.01. The first kappa shape index (κ1) is 13.8. The van der Waals surface area contributed by atoms with Crippen LogP contribution in [0.5, 0.6) is 5.75 Å². The van der Waals surface area contributed by atoms with Gasteiger partial charge in [-0.1, -0.05) is 30.7 Å². The normalized spacial score (nSPS) is 13.9. The van der Waals surface area contributed by atoms with Gasteiger partial charge >= 0.3 is 0 Å². The fraction of sp³-hybridized carbons (Fsp3) is 0.267. The first-order chi connectivity index (χ1) is 9.13. The standard InChI is InChI=1S/C15H16ClNO2/c1-10(13-5-3-4-8-17-13)15(18)12-7-6-11(16)9-14(12)19-2/h3-10,15,18H,1-2H3. The molecule has 2 aromatic rings. The van der Waals surface area contributed by atoms with Crippen LogP contribution < -0.4 is 4.74 Å². The second-order valence-electron chi connectivity index (χ2n) is 4.37. The number of halogens is 1. The summed E-state index contributed by atoms with van der Waals surface area (Å²) in [6.45, 7) is 1.93. The number of aliphatic hydroxyl groups excluding tert-OH is 1. The lowest BCUT2D eigenvalue weighted by atomic mass is 9.93. The van der Waals surface area contributed by atoms with Crippen LogP contribution in [0.1, 0.15) is 30.2 Å². The van der Waals surface area contributed by atoms with Crippen LogP contribution in [0.4, 0.5) is 0 Å². The van der Waals surface area contributed by atoms with Gasteiger partial charge in [0.2, 0.25) is 0 Å².